The number of hydrogen-bond acceptors (Lipinski definition) is 3. The van der Waals surface area contributed by atoms with Crippen LogP contribution in [-0.4, -0.2) is 36.7 Å². The Morgan fingerprint density at radius 2 is 2.11 bits per heavy atom. The van der Waals surface area contributed by atoms with Gasteiger partial charge in [-0.05, 0) is 11.6 Å². The Morgan fingerprint density at radius 1 is 1.42 bits per heavy atom. The molecule has 1 atom stereocenters. The molecule has 0 saturated heterocycles. The van der Waals surface area contributed by atoms with Gasteiger partial charge in [0.05, 0.1) is 6.42 Å². The van der Waals surface area contributed by atoms with Crippen LogP contribution in [0.5, 0.6) is 0 Å². The SMILES string of the molecule is COCCC(NC(=O)Cc1ccccc1Cl)C(=O)O. The predicted octanol–water partition coefficient (Wildman–Crippen LogP) is 1.49. The first-order valence-electron chi connectivity index (χ1n) is 5.79. The minimum atomic E-state index is -1.08. The number of carbonyl (C=O) groups excluding carboxylic acids is 1. The summed E-state index contributed by atoms with van der Waals surface area (Å²) >= 11 is 5.93. The Balaban J connectivity index is 2.58. The summed E-state index contributed by atoms with van der Waals surface area (Å²) < 4.78 is 4.81. The van der Waals surface area contributed by atoms with Gasteiger partial charge in [-0.1, -0.05) is 29.8 Å². The Hall–Kier alpha value is -1.59. The number of nitrogens with one attached hydrogen (secondary N) is 1. The van der Waals surface area contributed by atoms with Crippen molar-refractivity contribution in [1.29, 1.82) is 0 Å². The number of methoxy groups -OCH3 is 1. The normalized spacial score (nSPS) is 11.9. The molecule has 1 amide bonds. The van der Waals surface area contributed by atoms with Crippen LogP contribution in [0.2, 0.25) is 5.02 Å². The average Bonchev–Trinajstić information content (AvgIpc) is 2.37. The van der Waals surface area contributed by atoms with Gasteiger partial charge in [0.1, 0.15) is 6.04 Å². The highest BCUT2D eigenvalue weighted by Crippen LogP contribution is 2.15. The monoisotopic (exact) mass is 285 g/mol. The van der Waals surface area contributed by atoms with E-state index in [-0.39, 0.29) is 25.4 Å². The quantitative estimate of drug-likeness (QED) is 0.796. The summed E-state index contributed by atoms with van der Waals surface area (Å²) in [5, 5.41) is 11.9. The molecule has 0 aromatic heterocycles. The van der Waals surface area contributed by atoms with E-state index in [1.54, 1.807) is 24.3 Å². The van der Waals surface area contributed by atoms with E-state index in [1.807, 2.05) is 0 Å². The number of ether oxygens (including phenoxy) is 1. The van der Waals surface area contributed by atoms with Crippen LogP contribution >= 0.6 is 11.6 Å². The number of carboxylic acid groups (broad SMARTS) is 1. The molecule has 0 aliphatic heterocycles. The van der Waals surface area contributed by atoms with E-state index in [1.165, 1.54) is 7.11 Å². The van der Waals surface area contributed by atoms with Gasteiger partial charge < -0.3 is 15.2 Å². The maximum absolute atomic E-state index is 11.8. The summed E-state index contributed by atoms with van der Waals surface area (Å²) in [6, 6.07) is 6.00. The number of rotatable bonds is 7. The summed E-state index contributed by atoms with van der Waals surface area (Å²) in [6.45, 7) is 0.267. The minimum Gasteiger partial charge on any atom is -0.480 e. The second kappa shape index (κ2) is 7.76. The van der Waals surface area contributed by atoms with Crippen LogP contribution < -0.4 is 5.32 Å². The average molecular weight is 286 g/mol. The second-order valence-electron chi connectivity index (χ2n) is 4.01. The number of hydrogen-bond donors (Lipinski definition) is 2. The number of halogens is 1. The van der Waals surface area contributed by atoms with Gasteiger partial charge in [-0.15, -0.1) is 0 Å². The summed E-state index contributed by atoms with van der Waals surface area (Å²) in [4.78, 5) is 22.7. The lowest BCUT2D eigenvalue weighted by Gasteiger charge is -2.14. The highest BCUT2D eigenvalue weighted by Gasteiger charge is 2.19. The van der Waals surface area contributed by atoms with Crippen molar-refractivity contribution in [1.82, 2.24) is 5.32 Å². The topological polar surface area (TPSA) is 75.6 Å². The first-order chi connectivity index (χ1) is 9.04. The molecule has 0 aliphatic carbocycles. The fourth-order valence-corrected chi connectivity index (χ4v) is 1.76. The van der Waals surface area contributed by atoms with E-state index in [4.69, 9.17) is 21.4 Å². The predicted molar refractivity (Wildman–Crippen MR) is 71.2 cm³/mol. The molecule has 6 heteroatoms. The van der Waals surface area contributed by atoms with E-state index >= 15 is 0 Å². The highest BCUT2D eigenvalue weighted by atomic mass is 35.5. The Morgan fingerprint density at radius 3 is 2.68 bits per heavy atom. The number of aliphatic carboxylic acids is 1. The molecule has 0 bridgehead atoms. The van der Waals surface area contributed by atoms with Crippen LogP contribution in [0.4, 0.5) is 0 Å². The molecule has 0 fully saturated rings. The van der Waals surface area contributed by atoms with Gasteiger partial charge in [0.25, 0.3) is 0 Å². The van der Waals surface area contributed by atoms with Crippen LogP contribution in [0.25, 0.3) is 0 Å². The Bertz CT molecular complexity index is 450. The van der Waals surface area contributed by atoms with Crippen LogP contribution in [0.15, 0.2) is 24.3 Å². The van der Waals surface area contributed by atoms with E-state index in [0.29, 0.717) is 10.6 Å². The zero-order valence-corrected chi connectivity index (χ0v) is 11.3. The van der Waals surface area contributed by atoms with Crippen molar-refractivity contribution in [3.8, 4) is 0 Å². The molecule has 104 valence electrons. The molecule has 19 heavy (non-hydrogen) atoms. The molecule has 2 N–H and O–H groups in total. The standard InChI is InChI=1S/C13H16ClNO4/c1-19-7-6-11(13(17)18)15-12(16)8-9-4-2-3-5-10(9)14/h2-5,11H,6-8H2,1H3,(H,15,16)(H,17,18). The van der Waals surface area contributed by atoms with Gasteiger partial charge in [-0.3, -0.25) is 4.79 Å². The molecular formula is C13H16ClNO4. The summed E-state index contributed by atoms with van der Waals surface area (Å²) in [6.07, 6.45) is 0.274. The van der Waals surface area contributed by atoms with Crippen molar-refractivity contribution in [2.24, 2.45) is 0 Å². The van der Waals surface area contributed by atoms with Gasteiger partial charge in [-0.2, -0.15) is 0 Å². The number of amides is 1. The fraction of sp³-hybridized carbons (Fsp3) is 0.385. The number of benzene rings is 1. The molecule has 5 nitrogen and oxygen atoms in total. The molecule has 1 unspecified atom stereocenters. The molecule has 0 radical (unpaired) electrons. The summed E-state index contributed by atoms with van der Waals surface area (Å²) in [7, 11) is 1.48. The first kappa shape index (κ1) is 15.5. The molecular weight excluding hydrogens is 270 g/mol. The van der Waals surface area contributed by atoms with Crippen LogP contribution in [0, 0.1) is 0 Å². The third kappa shape index (κ3) is 5.28. The maximum atomic E-state index is 11.8. The molecule has 0 heterocycles. The summed E-state index contributed by atoms with van der Waals surface area (Å²) in [5.41, 5.74) is 0.664. The maximum Gasteiger partial charge on any atom is 0.326 e. The van der Waals surface area contributed by atoms with Gasteiger partial charge in [0.15, 0.2) is 0 Å². The van der Waals surface area contributed by atoms with Gasteiger partial charge in [0.2, 0.25) is 5.91 Å². The van der Waals surface area contributed by atoms with Gasteiger partial charge >= 0.3 is 5.97 Å². The third-order valence-corrected chi connectivity index (χ3v) is 2.92. The van der Waals surface area contributed by atoms with Crippen molar-refractivity contribution >= 4 is 23.5 Å². The molecule has 0 aliphatic rings. The zero-order valence-electron chi connectivity index (χ0n) is 10.6. The lowest BCUT2D eigenvalue weighted by atomic mass is 10.1. The molecule has 1 aromatic carbocycles. The first-order valence-corrected chi connectivity index (χ1v) is 6.17. The van der Waals surface area contributed by atoms with Crippen molar-refractivity contribution in [2.45, 2.75) is 18.9 Å². The van der Waals surface area contributed by atoms with Gasteiger partial charge in [0, 0.05) is 25.2 Å². The molecule has 1 rings (SSSR count). The van der Waals surface area contributed by atoms with Gasteiger partial charge in [-0.25, -0.2) is 4.79 Å². The summed E-state index contributed by atoms with van der Waals surface area (Å²) in [5.74, 6) is -1.46. The van der Waals surface area contributed by atoms with E-state index < -0.39 is 12.0 Å². The Labute approximate surface area is 116 Å². The number of carboxylic acids is 1. The van der Waals surface area contributed by atoms with Crippen LogP contribution in [-0.2, 0) is 20.7 Å². The van der Waals surface area contributed by atoms with Crippen LogP contribution in [0.1, 0.15) is 12.0 Å². The molecule has 0 saturated carbocycles. The molecule has 1 aromatic rings. The lowest BCUT2D eigenvalue weighted by Crippen LogP contribution is -2.42. The largest absolute Gasteiger partial charge is 0.480 e. The van der Waals surface area contributed by atoms with Crippen LogP contribution in [0.3, 0.4) is 0 Å². The van der Waals surface area contributed by atoms with Crippen molar-refractivity contribution in [3.05, 3.63) is 34.9 Å². The minimum absolute atomic E-state index is 0.0520. The van der Waals surface area contributed by atoms with E-state index in [9.17, 15) is 9.59 Å². The highest BCUT2D eigenvalue weighted by molar-refractivity contribution is 6.31. The van der Waals surface area contributed by atoms with E-state index in [2.05, 4.69) is 5.32 Å². The smallest absolute Gasteiger partial charge is 0.326 e. The van der Waals surface area contributed by atoms with E-state index in [0.717, 1.165) is 0 Å². The van der Waals surface area contributed by atoms with Crippen molar-refractivity contribution in [2.75, 3.05) is 13.7 Å². The lowest BCUT2D eigenvalue weighted by molar-refractivity contribution is -0.142. The Kier molecular flexibility index (Phi) is 6.32. The van der Waals surface area contributed by atoms with Crippen molar-refractivity contribution in [3.63, 3.8) is 0 Å². The van der Waals surface area contributed by atoms with Crippen molar-refractivity contribution < 1.29 is 19.4 Å². The zero-order chi connectivity index (χ0) is 14.3. The third-order valence-electron chi connectivity index (χ3n) is 2.55. The fourth-order valence-electron chi connectivity index (χ4n) is 1.55. The number of carbonyl (C=O) groups is 2. The second-order valence-corrected chi connectivity index (χ2v) is 4.42. The molecule has 0 spiro atoms.